The van der Waals surface area contributed by atoms with Gasteiger partial charge in [-0.25, -0.2) is 9.80 Å². The van der Waals surface area contributed by atoms with E-state index in [0.29, 0.717) is 61.3 Å². The van der Waals surface area contributed by atoms with Crippen molar-refractivity contribution < 1.29 is 23.9 Å². The van der Waals surface area contributed by atoms with Crippen molar-refractivity contribution in [3.05, 3.63) is 154 Å². The Hall–Kier alpha value is -6.86. The molecule has 0 unspecified atom stereocenters. The zero-order valence-corrected chi connectivity index (χ0v) is 35.6. The molecule has 0 aromatic heterocycles. The maximum Gasteiger partial charge on any atom is 0.266 e. The zero-order valence-electron chi connectivity index (χ0n) is 35.6. The second kappa shape index (κ2) is 13.8. The van der Waals surface area contributed by atoms with Gasteiger partial charge in [-0.2, -0.15) is 0 Å². The molecule has 2 aliphatic heterocycles. The molecule has 7 heteroatoms. The van der Waals surface area contributed by atoms with E-state index in [2.05, 4.69) is 55.4 Å². The van der Waals surface area contributed by atoms with E-state index in [1.807, 2.05) is 103 Å². The summed E-state index contributed by atoms with van der Waals surface area (Å²) < 4.78 is 6.78. The van der Waals surface area contributed by atoms with Gasteiger partial charge >= 0.3 is 0 Å². The lowest BCUT2D eigenvalue weighted by atomic mass is 9.81. The average Bonchev–Trinajstić information content (AvgIpc) is 3.24. The first-order valence-electron chi connectivity index (χ1n) is 21.3. The van der Waals surface area contributed by atoms with Crippen LogP contribution in [0.15, 0.2) is 109 Å². The van der Waals surface area contributed by atoms with E-state index in [-0.39, 0.29) is 41.4 Å². The molecule has 0 saturated carbocycles. The third-order valence-corrected chi connectivity index (χ3v) is 12.8. The molecule has 2 aliphatic rings. The molecule has 0 saturated heterocycles. The monoisotopic (exact) mass is 802 g/mol. The minimum absolute atomic E-state index is 0.0507. The Bertz CT molecular complexity index is 3140. The molecule has 8 aromatic rings. The van der Waals surface area contributed by atoms with Crippen molar-refractivity contribution >= 4 is 78.1 Å². The highest BCUT2D eigenvalue weighted by Crippen LogP contribution is 2.52. The predicted octanol–water partition coefficient (Wildman–Crippen LogP) is 13.6. The number of anilines is 2. The van der Waals surface area contributed by atoms with Gasteiger partial charge in [0.1, 0.15) is 11.5 Å². The van der Waals surface area contributed by atoms with Crippen LogP contribution in [0.3, 0.4) is 0 Å². The van der Waals surface area contributed by atoms with Crippen LogP contribution in [0.5, 0.6) is 11.5 Å². The second-order valence-corrected chi connectivity index (χ2v) is 17.8. The summed E-state index contributed by atoms with van der Waals surface area (Å²) in [5.41, 5.74) is 6.69. The van der Waals surface area contributed by atoms with Crippen molar-refractivity contribution in [3.63, 3.8) is 0 Å². The Balaban J connectivity index is 1.27. The third kappa shape index (κ3) is 5.42. The van der Waals surface area contributed by atoms with Crippen LogP contribution in [0.2, 0.25) is 0 Å². The number of rotatable bonds is 8. The molecule has 302 valence electrons. The molecule has 0 radical (unpaired) electrons. The van der Waals surface area contributed by atoms with Crippen LogP contribution in [0.25, 0.3) is 43.1 Å². The molecule has 0 bridgehead atoms. The second-order valence-electron chi connectivity index (χ2n) is 17.8. The van der Waals surface area contributed by atoms with E-state index in [0.717, 1.165) is 49.2 Å². The van der Waals surface area contributed by atoms with Gasteiger partial charge in [-0.3, -0.25) is 19.2 Å². The first-order chi connectivity index (χ1) is 29.3. The molecule has 8 aromatic carbocycles. The van der Waals surface area contributed by atoms with Gasteiger partial charge in [0.2, 0.25) is 0 Å². The Morgan fingerprint density at radius 3 is 1.21 bits per heavy atom. The van der Waals surface area contributed by atoms with Gasteiger partial charge in [0.15, 0.2) is 0 Å². The molecule has 61 heavy (non-hydrogen) atoms. The lowest BCUT2D eigenvalue weighted by Crippen LogP contribution is -2.42. The minimum Gasteiger partial charge on any atom is -0.457 e. The fourth-order valence-corrected chi connectivity index (χ4v) is 9.97. The van der Waals surface area contributed by atoms with E-state index < -0.39 is 5.91 Å². The molecule has 0 fully saturated rings. The molecule has 0 N–H and O–H groups in total. The summed E-state index contributed by atoms with van der Waals surface area (Å²) in [5, 5.41) is 5.69. The highest BCUT2D eigenvalue weighted by atomic mass is 16.5. The fourth-order valence-electron chi connectivity index (χ4n) is 9.97. The van der Waals surface area contributed by atoms with Crippen LogP contribution in [-0.4, -0.2) is 23.6 Å². The minimum atomic E-state index is -0.413. The number of imide groups is 2. The molecule has 0 atom stereocenters. The first-order valence-corrected chi connectivity index (χ1v) is 21.3. The maximum absolute atomic E-state index is 15.2. The molecule has 7 nitrogen and oxygen atoms in total. The van der Waals surface area contributed by atoms with E-state index in [1.165, 1.54) is 9.80 Å². The van der Waals surface area contributed by atoms with Crippen LogP contribution >= 0.6 is 0 Å². The van der Waals surface area contributed by atoms with Crippen molar-refractivity contribution in [3.8, 4) is 11.5 Å². The number of fused-ring (bicyclic) bond motifs is 2. The average molecular weight is 803 g/mol. The Labute approximate surface area is 354 Å². The number of carbonyl (C=O) groups excluding carboxylic acids is 4. The predicted molar refractivity (Wildman–Crippen MR) is 246 cm³/mol. The van der Waals surface area contributed by atoms with Gasteiger partial charge in [0, 0.05) is 38.2 Å². The molecule has 2 heterocycles. The van der Waals surface area contributed by atoms with E-state index in [4.69, 9.17) is 4.74 Å². The fraction of sp³-hybridized carbons (Fsp3) is 0.222. The number of hydrogen-bond acceptors (Lipinski definition) is 5. The Kier molecular flexibility index (Phi) is 8.71. The highest BCUT2D eigenvalue weighted by molar-refractivity contribution is 6.46. The lowest BCUT2D eigenvalue weighted by molar-refractivity contribution is 0.0877. The largest absolute Gasteiger partial charge is 0.457 e. The quantitative estimate of drug-likeness (QED) is 0.0868. The summed E-state index contributed by atoms with van der Waals surface area (Å²) in [7, 11) is 0. The first kappa shape index (κ1) is 38.3. The summed E-state index contributed by atoms with van der Waals surface area (Å²) in [6, 6.07) is 34.5. The van der Waals surface area contributed by atoms with Crippen molar-refractivity contribution in [2.24, 2.45) is 0 Å². The van der Waals surface area contributed by atoms with Crippen LogP contribution in [0.1, 0.15) is 143 Å². The Morgan fingerprint density at radius 2 is 0.770 bits per heavy atom. The molecule has 0 aliphatic carbocycles. The van der Waals surface area contributed by atoms with Gasteiger partial charge in [0.05, 0.1) is 16.9 Å². The molecule has 0 spiro atoms. The third-order valence-electron chi connectivity index (χ3n) is 12.8. The van der Waals surface area contributed by atoms with Crippen molar-refractivity contribution in [2.75, 3.05) is 9.80 Å². The van der Waals surface area contributed by atoms with Gasteiger partial charge in [0.25, 0.3) is 23.6 Å². The molecule has 10 rings (SSSR count). The topological polar surface area (TPSA) is 84.0 Å². The summed E-state index contributed by atoms with van der Waals surface area (Å²) in [4.78, 5) is 62.8. The van der Waals surface area contributed by atoms with Crippen molar-refractivity contribution in [1.82, 2.24) is 0 Å². The number of nitrogens with zero attached hydrogens (tertiary/aromatic N) is 2. The number of ether oxygens (including phenoxy) is 1. The smallest absolute Gasteiger partial charge is 0.266 e. The maximum atomic E-state index is 15.2. The van der Waals surface area contributed by atoms with Crippen LogP contribution < -0.4 is 14.5 Å². The summed E-state index contributed by atoms with van der Waals surface area (Å²) in [6.45, 7) is 16.6. The standard InChI is InChI=1S/C54H46N2O5/c1-27(2)32-16-12-17-33(28(3)4)49(32)55-51(57)39-23-20-36-37-21-24-41-46-42(54(60)56(53(41)59)50-34(29(5)6)18-13-19-35(50)30(7)8)26-43(61-31-14-10-9-11-15-31)47(48(37)46)38-22-25-40(52(55)58)45(39)44(36)38/h9-30H,1-8H3. The van der Waals surface area contributed by atoms with Crippen LogP contribution in [0.4, 0.5) is 11.4 Å². The number of benzene rings is 8. The van der Waals surface area contributed by atoms with Crippen molar-refractivity contribution in [2.45, 2.75) is 79.1 Å². The van der Waals surface area contributed by atoms with Crippen LogP contribution in [0, 0.1) is 0 Å². The normalized spacial score (nSPS) is 14.2. The van der Waals surface area contributed by atoms with Crippen LogP contribution in [-0.2, 0) is 0 Å². The van der Waals surface area contributed by atoms with Crippen molar-refractivity contribution in [1.29, 1.82) is 0 Å². The number of amides is 4. The van der Waals surface area contributed by atoms with E-state index in [1.54, 1.807) is 6.07 Å². The van der Waals surface area contributed by atoms with Gasteiger partial charge in [-0.15, -0.1) is 0 Å². The Morgan fingerprint density at radius 1 is 0.377 bits per heavy atom. The van der Waals surface area contributed by atoms with Gasteiger partial charge in [-0.1, -0.05) is 128 Å². The SMILES string of the molecule is CC(C)c1cccc(C(C)C)c1N1C(=O)c2ccc3c4ccc5c6c(cc(Oc7ccccc7)c(c7ccc(c2c37)C1=O)c64)C(=O)N(c1c(C(C)C)cccc1C(C)C)C5=O. The zero-order chi connectivity index (χ0) is 42.8. The number of para-hydroxylation sites is 3. The van der Waals surface area contributed by atoms with E-state index >= 15 is 4.79 Å². The summed E-state index contributed by atoms with van der Waals surface area (Å²) >= 11 is 0. The molecule has 4 amide bonds. The highest BCUT2D eigenvalue weighted by Gasteiger charge is 2.41. The summed E-state index contributed by atoms with van der Waals surface area (Å²) in [6.07, 6.45) is 0. The molecular weight excluding hydrogens is 757 g/mol. The number of hydrogen-bond donors (Lipinski definition) is 0. The summed E-state index contributed by atoms with van der Waals surface area (Å²) in [5.74, 6) is -0.277. The van der Waals surface area contributed by atoms with E-state index in [9.17, 15) is 14.4 Å². The lowest BCUT2D eigenvalue weighted by Gasteiger charge is -2.34. The molecular formula is C54H46N2O5. The van der Waals surface area contributed by atoms with Gasteiger partial charge < -0.3 is 4.74 Å². The number of carbonyl (C=O) groups is 4. The van der Waals surface area contributed by atoms with Gasteiger partial charge in [-0.05, 0) is 104 Å².